The molecule has 3 aromatic carbocycles. The van der Waals surface area contributed by atoms with Gasteiger partial charge in [-0.15, -0.1) is 0 Å². The van der Waals surface area contributed by atoms with Gasteiger partial charge in [0.2, 0.25) is 0 Å². The van der Waals surface area contributed by atoms with Gasteiger partial charge in [0.05, 0.1) is 12.6 Å². The largest absolute Gasteiger partial charge is 0.489 e. The lowest BCUT2D eigenvalue weighted by molar-refractivity contribution is -0.107. The number of methoxy groups -OCH3 is 1. The molecule has 5 nitrogen and oxygen atoms in total. The molecule has 0 radical (unpaired) electrons. The molecule has 3 rings (SSSR count). The van der Waals surface area contributed by atoms with Crippen molar-refractivity contribution in [1.29, 1.82) is 0 Å². The summed E-state index contributed by atoms with van der Waals surface area (Å²) in [6.07, 6.45) is 1.09. The number of aldehydes is 1. The molecule has 0 heterocycles. The summed E-state index contributed by atoms with van der Waals surface area (Å²) >= 11 is 0. The van der Waals surface area contributed by atoms with Crippen LogP contribution in [-0.4, -0.2) is 32.3 Å². The van der Waals surface area contributed by atoms with E-state index < -0.39 is 18.5 Å². The first kappa shape index (κ1) is 26.1. The second-order valence-corrected chi connectivity index (χ2v) is 7.21. The molecular weight excluding hydrogens is 428 g/mol. The van der Waals surface area contributed by atoms with Crippen molar-refractivity contribution in [3.8, 4) is 16.9 Å². The van der Waals surface area contributed by atoms with Crippen molar-refractivity contribution in [1.82, 2.24) is 0 Å². The van der Waals surface area contributed by atoms with E-state index in [1.165, 1.54) is 6.07 Å². The molecule has 3 N–H and O–H groups in total. The van der Waals surface area contributed by atoms with Crippen LogP contribution in [-0.2, 0) is 29.2 Å². The normalized spacial score (nSPS) is 11.3. The van der Waals surface area contributed by atoms with Gasteiger partial charge < -0.3 is 25.1 Å². The Morgan fingerprint density at radius 2 is 1.73 bits per heavy atom. The minimum atomic E-state index is -1.01. The number of carbonyl (C=O) groups is 1. The summed E-state index contributed by atoms with van der Waals surface area (Å²) in [5.41, 5.74) is 9.27. The molecule has 0 aliphatic heterocycles. The quantitative estimate of drug-likeness (QED) is 0.437. The number of aliphatic hydroxyl groups excluding tert-OH is 1. The van der Waals surface area contributed by atoms with Gasteiger partial charge in [0, 0.05) is 37.3 Å². The highest BCUT2D eigenvalue weighted by Gasteiger charge is 2.16. The first-order valence-corrected chi connectivity index (χ1v) is 10.4. The number of nitrogens with two attached hydrogens (primary N) is 1. The van der Waals surface area contributed by atoms with Crippen molar-refractivity contribution in [2.24, 2.45) is 5.73 Å². The lowest BCUT2D eigenvalue weighted by atomic mass is 9.96. The average molecular weight is 458 g/mol. The van der Waals surface area contributed by atoms with E-state index in [0.717, 1.165) is 30.1 Å². The Balaban J connectivity index is 0.00000187. The predicted molar refractivity (Wildman–Crippen MR) is 124 cm³/mol. The highest BCUT2D eigenvalue weighted by atomic mass is 19.1. The maximum Gasteiger partial charge on any atom is 0.135 e. The Kier molecular flexibility index (Phi) is 10.6. The fraction of sp³-hybridized carbons (Fsp3) is 0.269. The van der Waals surface area contributed by atoms with Crippen LogP contribution in [0.5, 0.6) is 5.75 Å². The number of carbonyl (C=O) groups excluding carboxylic acids is 1. The lowest BCUT2D eigenvalue weighted by Gasteiger charge is -2.15. The zero-order valence-corrected chi connectivity index (χ0v) is 18.8. The van der Waals surface area contributed by atoms with E-state index in [9.17, 15) is 9.18 Å². The van der Waals surface area contributed by atoms with Crippen LogP contribution in [0.1, 0.15) is 28.3 Å². The second-order valence-electron chi connectivity index (χ2n) is 7.21. The molecule has 0 fully saturated rings. The molecule has 0 spiro atoms. The lowest BCUT2D eigenvalue weighted by Crippen LogP contribution is -2.14. The third kappa shape index (κ3) is 6.92. The highest BCUT2D eigenvalue weighted by Crippen LogP contribution is 2.30. The van der Waals surface area contributed by atoms with E-state index in [1.54, 1.807) is 25.3 Å². The molecule has 33 heavy (non-hydrogen) atoms. The van der Waals surface area contributed by atoms with Crippen LogP contribution in [0.4, 0.5) is 8.78 Å². The first-order chi connectivity index (χ1) is 16.1. The standard InChI is InChI=1S/C25H25F2NO3.CH4O/c1-30-15-17-11-18(16-31-24-8-3-2-5-19(24)9-10-29)13-20(12-17)21-6-4-7-22(25(21)27)23(28)14-26;1-2/h2-8,10-13,23H,9,14-16,28H2,1H3;2H,1H3. The fourth-order valence-corrected chi connectivity index (χ4v) is 3.46. The molecule has 0 saturated heterocycles. The van der Waals surface area contributed by atoms with Crippen molar-refractivity contribution in [3.63, 3.8) is 0 Å². The van der Waals surface area contributed by atoms with Crippen molar-refractivity contribution in [2.45, 2.75) is 25.7 Å². The van der Waals surface area contributed by atoms with Gasteiger partial charge in [-0.25, -0.2) is 8.78 Å². The van der Waals surface area contributed by atoms with E-state index >= 15 is 4.39 Å². The predicted octanol–water partition coefficient (Wildman–Crippen LogP) is 4.54. The minimum Gasteiger partial charge on any atom is -0.489 e. The monoisotopic (exact) mass is 457 g/mol. The van der Waals surface area contributed by atoms with E-state index in [-0.39, 0.29) is 18.6 Å². The summed E-state index contributed by atoms with van der Waals surface area (Å²) in [5.74, 6) is 0.0841. The Bertz CT molecular complexity index is 1040. The molecule has 0 aliphatic rings. The maximum absolute atomic E-state index is 15.1. The summed E-state index contributed by atoms with van der Waals surface area (Å²) in [6, 6.07) is 16.7. The van der Waals surface area contributed by atoms with Gasteiger partial charge in [-0.05, 0) is 34.9 Å². The zero-order chi connectivity index (χ0) is 24.2. The van der Waals surface area contributed by atoms with Gasteiger partial charge >= 0.3 is 0 Å². The van der Waals surface area contributed by atoms with Crippen LogP contribution < -0.4 is 10.5 Å². The maximum atomic E-state index is 15.1. The van der Waals surface area contributed by atoms with Crippen LogP contribution in [0.2, 0.25) is 0 Å². The number of para-hydroxylation sites is 1. The first-order valence-electron chi connectivity index (χ1n) is 10.4. The number of hydrogen-bond acceptors (Lipinski definition) is 5. The molecule has 0 aliphatic carbocycles. The molecule has 1 unspecified atom stereocenters. The Labute approximate surface area is 192 Å². The van der Waals surface area contributed by atoms with Crippen molar-refractivity contribution in [2.75, 3.05) is 20.9 Å². The number of alkyl halides is 1. The SMILES string of the molecule is CO.COCc1cc(COc2ccccc2CC=O)cc(-c2cccc(C(N)CF)c2F)c1. The Morgan fingerprint density at radius 3 is 2.39 bits per heavy atom. The molecule has 0 amide bonds. The highest BCUT2D eigenvalue weighted by molar-refractivity contribution is 5.67. The summed E-state index contributed by atoms with van der Waals surface area (Å²) < 4.78 is 39.3. The van der Waals surface area contributed by atoms with Crippen LogP contribution >= 0.6 is 0 Å². The number of aliphatic hydroxyl groups is 1. The van der Waals surface area contributed by atoms with E-state index in [4.69, 9.17) is 20.3 Å². The number of ether oxygens (including phenoxy) is 2. The summed E-state index contributed by atoms with van der Waals surface area (Å²) in [5, 5.41) is 7.00. The van der Waals surface area contributed by atoms with Gasteiger partial charge in [0.1, 0.15) is 31.1 Å². The summed E-state index contributed by atoms with van der Waals surface area (Å²) in [7, 11) is 2.58. The molecule has 0 aromatic heterocycles. The van der Waals surface area contributed by atoms with Crippen molar-refractivity contribution in [3.05, 3.63) is 88.7 Å². The van der Waals surface area contributed by atoms with E-state index in [2.05, 4.69) is 0 Å². The molecule has 0 bridgehead atoms. The van der Waals surface area contributed by atoms with E-state index in [1.807, 2.05) is 36.4 Å². The van der Waals surface area contributed by atoms with Gasteiger partial charge in [0.25, 0.3) is 0 Å². The molecule has 0 saturated carbocycles. The average Bonchev–Trinajstić information content (AvgIpc) is 2.84. The van der Waals surface area contributed by atoms with Gasteiger partial charge in [-0.1, -0.05) is 42.5 Å². The summed E-state index contributed by atoms with van der Waals surface area (Å²) in [6.45, 7) is -0.275. The summed E-state index contributed by atoms with van der Waals surface area (Å²) in [4.78, 5) is 10.9. The third-order valence-electron chi connectivity index (χ3n) is 4.94. The molecule has 7 heteroatoms. The number of halogens is 2. The van der Waals surface area contributed by atoms with Crippen LogP contribution in [0.25, 0.3) is 11.1 Å². The number of hydrogen-bond donors (Lipinski definition) is 2. The van der Waals surface area contributed by atoms with Crippen molar-refractivity contribution < 1.29 is 28.2 Å². The molecule has 3 aromatic rings. The van der Waals surface area contributed by atoms with Gasteiger partial charge in [-0.3, -0.25) is 0 Å². The van der Waals surface area contributed by atoms with Gasteiger partial charge in [-0.2, -0.15) is 0 Å². The minimum absolute atomic E-state index is 0.137. The number of benzene rings is 3. The topological polar surface area (TPSA) is 81.8 Å². The molecule has 1 atom stereocenters. The number of rotatable bonds is 10. The smallest absolute Gasteiger partial charge is 0.135 e. The zero-order valence-electron chi connectivity index (χ0n) is 18.8. The molecular formula is C26H29F2NO4. The van der Waals surface area contributed by atoms with E-state index in [0.29, 0.717) is 23.5 Å². The Hall–Kier alpha value is -3.13. The van der Waals surface area contributed by atoms with Crippen LogP contribution in [0.15, 0.2) is 60.7 Å². The fourth-order valence-electron chi connectivity index (χ4n) is 3.46. The second kappa shape index (κ2) is 13.4. The van der Waals surface area contributed by atoms with Gasteiger partial charge in [0.15, 0.2) is 0 Å². The van der Waals surface area contributed by atoms with Crippen LogP contribution in [0, 0.1) is 5.82 Å². The third-order valence-corrected chi connectivity index (χ3v) is 4.94. The Morgan fingerprint density at radius 1 is 1.03 bits per heavy atom. The van der Waals surface area contributed by atoms with Crippen molar-refractivity contribution >= 4 is 6.29 Å². The van der Waals surface area contributed by atoms with Crippen LogP contribution in [0.3, 0.4) is 0 Å². The molecule has 176 valence electrons.